The molecule has 6 heteroatoms. The number of amides is 1. The van der Waals surface area contributed by atoms with E-state index in [1.165, 1.54) is 0 Å². The van der Waals surface area contributed by atoms with E-state index in [2.05, 4.69) is 5.32 Å². The summed E-state index contributed by atoms with van der Waals surface area (Å²) >= 11 is 0. The smallest absolute Gasteiger partial charge is 0.303 e. The highest BCUT2D eigenvalue weighted by molar-refractivity contribution is 5.98. The summed E-state index contributed by atoms with van der Waals surface area (Å²) < 4.78 is 11.8. The molecule has 0 aliphatic rings. The molecule has 2 N–H and O–H groups in total. The van der Waals surface area contributed by atoms with Gasteiger partial charge in [0.2, 0.25) is 0 Å². The van der Waals surface area contributed by atoms with Crippen LogP contribution in [0.5, 0.6) is 5.75 Å². The third-order valence-electron chi connectivity index (χ3n) is 5.02. The van der Waals surface area contributed by atoms with Crippen molar-refractivity contribution in [1.82, 2.24) is 5.32 Å². The molecule has 0 saturated heterocycles. The molecule has 6 nitrogen and oxygen atoms in total. The molecule has 0 aliphatic heterocycles. The minimum atomic E-state index is -0.845. The fraction of sp³-hybridized carbons (Fsp3) is 0.154. The number of nitrogens with one attached hydrogen (secondary N) is 1. The number of carboxylic acids is 1. The minimum absolute atomic E-state index is 0.0575. The van der Waals surface area contributed by atoms with Crippen LogP contribution in [0.2, 0.25) is 0 Å². The van der Waals surface area contributed by atoms with Gasteiger partial charge in [0.15, 0.2) is 0 Å². The number of carbonyl (C=O) groups excluding carboxylic acids is 1. The normalized spacial score (nSPS) is 10.8. The van der Waals surface area contributed by atoms with Crippen molar-refractivity contribution in [3.63, 3.8) is 0 Å². The standard InChI is InChI=1S/C26H23NO5/c28-25(29)11-6-14-31-23-10-5-4-9-21(23)24-16-20-15-19(12-13-22(20)32-24)26(30)27-17-18-7-2-1-3-8-18/h1-5,7-10,12-13,15-16H,6,11,14,17H2,(H,27,30)(H,28,29). The average Bonchev–Trinajstić information content (AvgIpc) is 3.24. The fourth-order valence-corrected chi connectivity index (χ4v) is 3.40. The highest BCUT2D eigenvalue weighted by atomic mass is 16.5. The van der Waals surface area contributed by atoms with Crippen LogP contribution in [0.15, 0.2) is 83.3 Å². The van der Waals surface area contributed by atoms with E-state index in [4.69, 9.17) is 14.3 Å². The van der Waals surface area contributed by atoms with Crippen LogP contribution in [0.25, 0.3) is 22.3 Å². The Kier molecular flexibility index (Phi) is 6.51. The maximum absolute atomic E-state index is 12.6. The second-order valence-electron chi connectivity index (χ2n) is 7.37. The van der Waals surface area contributed by atoms with Crippen LogP contribution in [-0.4, -0.2) is 23.6 Å². The lowest BCUT2D eigenvalue weighted by Gasteiger charge is -2.09. The van der Waals surface area contributed by atoms with Gasteiger partial charge in [0.1, 0.15) is 17.1 Å². The first-order valence-corrected chi connectivity index (χ1v) is 10.4. The molecule has 0 radical (unpaired) electrons. The largest absolute Gasteiger partial charge is 0.493 e. The predicted molar refractivity (Wildman–Crippen MR) is 122 cm³/mol. The third kappa shape index (κ3) is 5.16. The minimum Gasteiger partial charge on any atom is -0.493 e. The first-order chi connectivity index (χ1) is 15.6. The van der Waals surface area contributed by atoms with Crippen molar-refractivity contribution in [2.24, 2.45) is 0 Å². The number of furan rings is 1. The zero-order valence-electron chi connectivity index (χ0n) is 17.4. The number of carboxylic acid groups (broad SMARTS) is 1. The summed E-state index contributed by atoms with van der Waals surface area (Å²) in [6, 6.07) is 24.4. The van der Waals surface area contributed by atoms with Gasteiger partial charge in [0.25, 0.3) is 5.91 Å². The van der Waals surface area contributed by atoms with Gasteiger partial charge in [-0.3, -0.25) is 9.59 Å². The van der Waals surface area contributed by atoms with Crippen LogP contribution in [-0.2, 0) is 11.3 Å². The molecular weight excluding hydrogens is 406 g/mol. The van der Waals surface area contributed by atoms with Gasteiger partial charge in [-0.2, -0.15) is 0 Å². The van der Waals surface area contributed by atoms with E-state index in [0.29, 0.717) is 42.2 Å². The molecule has 0 unspecified atom stereocenters. The summed E-state index contributed by atoms with van der Waals surface area (Å²) in [5.74, 6) is 0.247. The number of benzene rings is 3. The maximum Gasteiger partial charge on any atom is 0.303 e. The zero-order chi connectivity index (χ0) is 22.3. The Balaban J connectivity index is 1.50. The maximum atomic E-state index is 12.6. The molecule has 4 rings (SSSR count). The lowest BCUT2D eigenvalue weighted by molar-refractivity contribution is -0.137. The lowest BCUT2D eigenvalue weighted by Crippen LogP contribution is -2.22. The lowest BCUT2D eigenvalue weighted by atomic mass is 10.1. The van der Waals surface area contributed by atoms with Gasteiger partial charge in [-0.05, 0) is 48.4 Å². The van der Waals surface area contributed by atoms with Gasteiger partial charge in [0.05, 0.1) is 12.2 Å². The monoisotopic (exact) mass is 429 g/mol. The Hall–Kier alpha value is -4.06. The van der Waals surface area contributed by atoms with E-state index in [0.717, 1.165) is 16.5 Å². The topological polar surface area (TPSA) is 88.8 Å². The van der Waals surface area contributed by atoms with Crippen molar-refractivity contribution in [2.75, 3.05) is 6.61 Å². The van der Waals surface area contributed by atoms with E-state index in [1.54, 1.807) is 18.2 Å². The van der Waals surface area contributed by atoms with Gasteiger partial charge in [-0.25, -0.2) is 0 Å². The highest BCUT2D eigenvalue weighted by Gasteiger charge is 2.14. The van der Waals surface area contributed by atoms with Gasteiger partial charge in [0, 0.05) is 23.9 Å². The number of ether oxygens (including phenoxy) is 1. The molecule has 32 heavy (non-hydrogen) atoms. The molecular formula is C26H23NO5. The van der Waals surface area contributed by atoms with Crippen molar-refractivity contribution >= 4 is 22.8 Å². The van der Waals surface area contributed by atoms with Gasteiger partial charge in [-0.15, -0.1) is 0 Å². The Bertz CT molecular complexity index is 1230. The molecule has 3 aromatic carbocycles. The molecule has 0 bridgehead atoms. The van der Waals surface area contributed by atoms with E-state index >= 15 is 0 Å². The molecule has 0 spiro atoms. The summed E-state index contributed by atoms with van der Waals surface area (Å²) in [7, 11) is 0. The third-order valence-corrected chi connectivity index (χ3v) is 5.02. The number of hydrogen-bond acceptors (Lipinski definition) is 4. The summed E-state index contributed by atoms with van der Waals surface area (Å²) in [6.45, 7) is 0.760. The molecule has 0 atom stereocenters. The second-order valence-corrected chi connectivity index (χ2v) is 7.37. The Labute approximate surface area is 185 Å². The number of aliphatic carboxylic acids is 1. The van der Waals surface area contributed by atoms with E-state index in [1.807, 2.05) is 60.7 Å². The Morgan fingerprint density at radius 2 is 1.72 bits per heavy atom. The van der Waals surface area contributed by atoms with Crippen molar-refractivity contribution in [3.05, 3.63) is 90.0 Å². The molecule has 1 amide bonds. The van der Waals surface area contributed by atoms with E-state index in [-0.39, 0.29) is 12.3 Å². The van der Waals surface area contributed by atoms with E-state index in [9.17, 15) is 9.59 Å². The molecule has 4 aromatic rings. The first-order valence-electron chi connectivity index (χ1n) is 10.4. The first kappa shape index (κ1) is 21.2. The number of para-hydroxylation sites is 1. The summed E-state index contributed by atoms with van der Waals surface area (Å²) in [5.41, 5.74) is 3.03. The van der Waals surface area contributed by atoms with Gasteiger partial charge < -0.3 is 19.6 Å². The van der Waals surface area contributed by atoms with Crippen LogP contribution >= 0.6 is 0 Å². The number of hydrogen-bond donors (Lipinski definition) is 2. The molecule has 162 valence electrons. The van der Waals surface area contributed by atoms with Crippen molar-refractivity contribution in [2.45, 2.75) is 19.4 Å². The van der Waals surface area contributed by atoms with Crippen LogP contribution < -0.4 is 10.1 Å². The molecule has 0 aliphatic carbocycles. The van der Waals surface area contributed by atoms with Crippen LogP contribution in [0.4, 0.5) is 0 Å². The van der Waals surface area contributed by atoms with E-state index < -0.39 is 5.97 Å². The van der Waals surface area contributed by atoms with Crippen molar-refractivity contribution < 1.29 is 23.8 Å². The van der Waals surface area contributed by atoms with Crippen molar-refractivity contribution in [1.29, 1.82) is 0 Å². The number of rotatable bonds is 9. The fourth-order valence-electron chi connectivity index (χ4n) is 3.40. The molecule has 0 saturated carbocycles. The average molecular weight is 429 g/mol. The number of fused-ring (bicyclic) bond motifs is 1. The van der Waals surface area contributed by atoms with Gasteiger partial charge >= 0.3 is 5.97 Å². The zero-order valence-corrected chi connectivity index (χ0v) is 17.4. The SMILES string of the molecule is O=C(O)CCCOc1ccccc1-c1cc2cc(C(=O)NCc3ccccc3)ccc2o1. The summed E-state index contributed by atoms with van der Waals surface area (Å²) in [6.07, 6.45) is 0.479. The molecule has 0 fully saturated rings. The van der Waals surface area contributed by atoms with Crippen LogP contribution in [0, 0.1) is 0 Å². The van der Waals surface area contributed by atoms with Crippen molar-refractivity contribution in [3.8, 4) is 17.1 Å². The molecule has 1 aromatic heterocycles. The predicted octanol–water partition coefficient (Wildman–Crippen LogP) is 5.27. The quantitative estimate of drug-likeness (QED) is 0.354. The van der Waals surface area contributed by atoms with Crippen LogP contribution in [0.3, 0.4) is 0 Å². The Morgan fingerprint density at radius 3 is 2.53 bits per heavy atom. The summed E-state index contributed by atoms with van der Waals surface area (Å²) in [4.78, 5) is 23.3. The van der Waals surface area contributed by atoms with Crippen LogP contribution in [0.1, 0.15) is 28.8 Å². The molecule has 1 heterocycles. The Morgan fingerprint density at radius 1 is 0.938 bits per heavy atom. The number of carbonyl (C=O) groups is 2. The second kappa shape index (κ2) is 9.83. The highest BCUT2D eigenvalue weighted by Crippen LogP contribution is 2.34. The summed E-state index contributed by atoms with van der Waals surface area (Å²) in [5, 5.41) is 12.5. The van der Waals surface area contributed by atoms with Gasteiger partial charge in [-0.1, -0.05) is 42.5 Å².